The minimum atomic E-state index is 0.0234. The quantitative estimate of drug-likeness (QED) is 0.575. The van der Waals surface area contributed by atoms with Crippen LogP contribution in [0.2, 0.25) is 0 Å². The first kappa shape index (κ1) is 10.0. The lowest BCUT2D eigenvalue weighted by atomic mass is 10.0. The molecule has 0 aromatic carbocycles. The molecule has 2 heteroatoms. The molecule has 1 heterocycles. The Kier molecular flexibility index (Phi) is 2.50. The summed E-state index contributed by atoms with van der Waals surface area (Å²) < 4.78 is 6.89. The Bertz CT molecular complexity index is 158. The van der Waals surface area contributed by atoms with Crippen LogP contribution in [0.1, 0.15) is 27.2 Å². The van der Waals surface area contributed by atoms with E-state index < -0.39 is 0 Å². The second kappa shape index (κ2) is 3.00. The summed E-state index contributed by atoms with van der Waals surface area (Å²) in [6.07, 6.45) is 1.32. The van der Waals surface area contributed by atoms with E-state index in [0.29, 0.717) is 0 Å². The number of hydrogen-bond donors (Lipinski definition) is 0. The van der Waals surface area contributed by atoms with Crippen LogP contribution in [0.15, 0.2) is 0 Å². The van der Waals surface area contributed by atoms with E-state index in [0.717, 1.165) is 17.1 Å². The van der Waals surface area contributed by atoms with Gasteiger partial charge in [-0.2, -0.15) is 0 Å². The van der Waals surface area contributed by atoms with Gasteiger partial charge in [0.05, 0.1) is 39.3 Å². The number of ether oxygens (including phenoxy) is 1. The Morgan fingerprint density at radius 2 is 1.92 bits per heavy atom. The van der Waals surface area contributed by atoms with Crippen LogP contribution >= 0.6 is 0 Å². The summed E-state index contributed by atoms with van der Waals surface area (Å²) in [7, 11) is 4.56. The van der Waals surface area contributed by atoms with E-state index in [1.165, 1.54) is 13.0 Å². The second-order valence-corrected chi connectivity index (χ2v) is 5.37. The van der Waals surface area contributed by atoms with Crippen LogP contribution in [0.3, 0.4) is 0 Å². The van der Waals surface area contributed by atoms with Crippen LogP contribution in [0.5, 0.6) is 0 Å². The maximum Gasteiger partial charge on any atom is 0.118 e. The van der Waals surface area contributed by atoms with E-state index in [9.17, 15) is 0 Å². The van der Waals surface area contributed by atoms with Crippen LogP contribution in [0, 0.1) is 0 Å². The Hall–Kier alpha value is -0.0800. The summed E-state index contributed by atoms with van der Waals surface area (Å²) in [6, 6.07) is 0.726. The molecule has 1 aliphatic rings. The summed E-state index contributed by atoms with van der Waals surface area (Å²) in [5.74, 6) is 0. The molecular formula is C10H22NO+. The van der Waals surface area contributed by atoms with Gasteiger partial charge in [0.15, 0.2) is 0 Å². The van der Waals surface area contributed by atoms with E-state index in [1.54, 1.807) is 0 Å². The van der Waals surface area contributed by atoms with Gasteiger partial charge >= 0.3 is 0 Å². The highest BCUT2D eigenvalue weighted by atomic mass is 16.5. The van der Waals surface area contributed by atoms with Crippen molar-refractivity contribution in [2.75, 3.05) is 27.2 Å². The highest BCUT2D eigenvalue weighted by molar-refractivity contribution is 4.69. The monoisotopic (exact) mass is 172 g/mol. The van der Waals surface area contributed by atoms with Gasteiger partial charge in [0, 0.05) is 0 Å². The molecule has 0 N–H and O–H groups in total. The lowest BCUT2D eigenvalue weighted by molar-refractivity contribution is -0.955. The summed E-state index contributed by atoms with van der Waals surface area (Å²) in [5.41, 5.74) is 0.0234. The zero-order valence-corrected chi connectivity index (χ0v) is 9.05. The third-order valence-electron chi connectivity index (χ3n) is 2.74. The highest BCUT2D eigenvalue weighted by Gasteiger charge is 2.39. The van der Waals surface area contributed by atoms with Crippen LogP contribution < -0.4 is 0 Å². The minimum Gasteiger partial charge on any atom is -0.370 e. The van der Waals surface area contributed by atoms with Crippen molar-refractivity contribution in [3.05, 3.63) is 0 Å². The molecule has 0 radical (unpaired) electrons. The molecule has 0 spiro atoms. The number of likely N-dealkylation sites (N-methyl/N-ethyl adjacent to an activating group) is 1. The third kappa shape index (κ3) is 2.46. The lowest BCUT2D eigenvalue weighted by Gasteiger charge is -2.47. The van der Waals surface area contributed by atoms with Gasteiger partial charge in [0.2, 0.25) is 0 Å². The summed E-state index contributed by atoms with van der Waals surface area (Å²) in [5, 5.41) is 0. The largest absolute Gasteiger partial charge is 0.370 e. The van der Waals surface area contributed by atoms with Crippen molar-refractivity contribution in [2.45, 2.75) is 38.8 Å². The molecule has 1 rings (SSSR count). The Morgan fingerprint density at radius 3 is 2.17 bits per heavy atom. The number of nitrogens with zero attached hydrogens (tertiary/aromatic N) is 1. The van der Waals surface area contributed by atoms with Crippen molar-refractivity contribution in [1.82, 2.24) is 0 Å². The smallest absolute Gasteiger partial charge is 0.118 e. The zero-order chi connectivity index (χ0) is 9.41. The van der Waals surface area contributed by atoms with Gasteiger partial charge in [0.25, 0.3) is 0 Å². The normalized spacial score (nSPS) is 28.2. The number of hydrogen-bond acceptors (Lipinski definition) is 1. The fourth-order valence-electron chi connectivity index (χ4n) is 1.46. The van der Waals surface area contributed by atoms with Crippen molar-refractivity contribution < 1.29 is 9.22 Å². The van der Waals surface area contributed by atoms with Crippen molar-refractivity contribution in [3.63, 3.8) is 0 Å². The molecule has 1 fully saturated rings. The van der Waals surface area contributed by atoms with Crippen LogP contribution in [-0.4, -0.2) is 43.4 Å². The predicted octanol–water partition coefficient (Wildman–Crippen LogP) is 1.65. The molecule has 0 saturated carbocycles. The molecule has 0 aromatic rings. The van der Waals surface area contributed by atoms with E-state index >= 15 is 0 Å². The fourth-order valence-corrected chi connectivity index (χ4v) is 1.46. The third-order valence-corrected chi connectivity index (χ3v) is 2.74. The highest BCUT2D eigenvalue weighted by Crippen LogP contribution is 2.24. The van der Waals surface area contributed by atoms with Gasteiger partial charge in [-0.15, -0.1) is 0 Å². The maximum absolute atomic E-state index is 5.75. The lowest BCUT2D eigenvalue weighted by Crippen LogP contribution is -2.61. The summed E-state index contributed by atoms with van der Waals surface area (Å²) >= 11 is 0. The standard InChI is InChI=1S/C10H22NO/c1-10(2,3)12-8-9-6-7-11(9,4)5/h9H,6-8H2,1-5H3/q+1. The predicted molar refractivity (Wildman–Crippen MR) is 51.1 cm³/mol. The SMILES string of the molecule is CC(C)(C)OCC1CC[N+]1(C)C. The van der Waals surface area contributed by atoms with Gasteiger partial charge in [0.1, 0.15) is 6.04 Å². The second-order valence-electron chi connectivity index (χ2n) is 5.37. The van der Waals surface area contributed by atoms with E-state index in [2.05, 4.69) is 34.9 Å². The molecule has 1 atom stereocenters. The number of rotatable bonds is 2. The molecule has 1 aliphatic heterocycles. The molecule has 72 valence electrons. The summed E-state index contributed by atoms with van der Waals surface area (Å²) in [6.45, 7) is 8.57. The first-order valence-electron chi connectivity index (χ1n) is 4.78. The molecule has 1 unspecified atom stereocenters. The van der Waals surface area contributed by atoms with Crippen molar-refractivity contribution in [1.29, 1.82) is 0 Å². The Morgan fingerprint density at radius 1 is 1.33 bits per heavy atom. The van der Waals surface area contributed by atoms with Gasteiger partial charge in [-0.25, -0.2) is 0 Å². The molecule has 1 saturated heterocycles. The van der Waals surface area contributed by atoms with Crippen LogP contribution in [0.4, 0.5) is 0 Å². The molecule has 2 nitrogen and oxygen atoms in total. The van der Waals surface area contributed by atoms with E-state index in [4.69, 9.17) is 4.74 Å². The Labute approximate surface area is 76.1 Å². The van der Waals surface area contributed by atoms with E-state index in [1.807, 2.05) is 0 Å². The van der Waals surface area contributed by atoms with Gasteiger partial charge in [-0.1, -0.05) is 0 Å². The maximum atomic E-state index is 5.75. The van der Waals surface area contributed by atoms with Crippen LogP contribution in [-0.2, 0) is 4.74 Å². The van der Waals surface area contributed by atoms with Crippen molar-refractivity contribution in [2.24, 2.45) is 0 Å². The molecule has 0 aromatic heterocycles. The first-order chi connectivity index (χ1) is 5.31. The molecule has 0 bridgehead atoms. The topological polar surface area (TPSA) is 9.23 Å². The van der Waals surface area contributed by atoms with E-state index in [-0.39, 0.29) is 5.60 Å². The fraction of sp³-hybridized carbons (Fsp3) is 1.00. The number of likely N-dealkylation sites (tertiary alicyclic amines) is 1. The first-order valence-corrected chi connectivity index (χ1v) is 4.78. The minimum absolute atomic E-state index is 0.0234. The summed E-state index contributed by atoms with van der Waals surface area (Å²) in [4.78, 5) is 0. The molecule has 0 aliphatic carbocycles. The van der Waals surface area contributed by atoms with Gasteiger partial charge in [-0.05, 0) is 20.8 Å². The average Bonchev–Trinajstić information content (AvgIpc) is 1.83. The van der Waals surface area contributed by atoms with Gasteiger partial charge < -0.3 is 9.22 Å². The Balaban J connectivity index is 2.25. The molecular weight excluding hydrogens is 150 g/mol. The average molecular weight is 172 g/mol. The number of quaternary nitrogens is 1. The van der Waals surface area contributed by atoms with Crippen molar-refractivity contribution >= 4 is 0 Å². The van der Waals surface area contributed by atoms with Crippen molar-refractivity contribution in [3.8, 4) is 0 Å². The van der Waals surface area contributed by atoms with Crippen LogP contribution in [0.25, 0.3) is 0 Å². The molecule has 12 heavy (non-hydrogen) atoms. The van der Waals surface area contributed by atoms with Gasteiger partial charge in [-0.3, -0.25) is 0 Å². The zero-order valence-electron chi connectivity index (χ0n) is 9.05. The molecule has 0 amide bonds.